The summed E-state index contributed by atoms with van der Waals surface area (Å²) >= 11 is 0. The molecular weight excluding hydrogens is 230 g/mol. The molecule has 0 saturated heterocycles. The monoisotopic (exact) mass is 247 g/mol. The fraction of sp³-hybridized carbons (Fsp3) is 0.385. The third kappa shape index (κ3) is 2.80. The van der Waals surface area contributed by atoms with Crippen LogP contribution in [0.1, 0.15) is 18.9 Å². The molecule has 0 amide bonds. The first kappa shape index (κ1) is 12.4. The molecule has 2 rings (SSSR count). The lowest BCUT2D eigenvalue weighted by atomic mass is 10.2. The van der Waals surface area contributed by atoms with Gasteiger partial charge in [0, 0.05) is 7.05 Å². The minimum atomic E-state index is -0.110. The van der Waals surface area contributed by atoms with E-state index in [-0.39, 0.29) is 5.69 Å². The highest BCUT2D eigenvalue weighted by molar-refractivity contribution is 5.27. The van der Waals surface area contributed by atoms with Gasteiger partial charge < -0.3 is 4.74 Å². The third-order valence-electron chi connectivity index (χ3n) is 2.62. The molecule has 0 fully saturated rings. The lowest BCUT2D eigenvalue weighted by molar-refractivity contribution is 0.317. The van der Waals surface area contributed by atoms with Gasteiger partial charge in [0.1, 0.15) is 12.1 Å². The van der Waals surface area contributed by atoms with E-state index in [9.17, 15) is 4.79 Å². The van der Waals surface area contributed by atoms with Crippen LogP contribution in [0, 0.1) is 0 Å². The van der Waals surface area contributed by atoms with Gasteiger partial charge in [-0.1, -0.05) is 19.1 Å². The normalized spacial score (nSPS) is 10.6. The summed E-state index contributed by atoms with van der Waals surface area (Å²) in [5, 5.41) is 4.02. The van der Waals surface area contributed by atoms with Gasteiger partial charge in [0.2, 0.25) is 0 Å². The fourth-order valence-corrected chi connectivity index (χ4v) is 1.61. The number of aryl methyl sites for hydroxylation is 1. The van der Waals surface area contributed by atoms with E-state index in [0.717, 1.165) is 24.3 Å². The maximum absolute atomic E-state index is 11.6. The van der Waals surface area contributed by atoms with Crippen LogP contribution < -0.4 is 10.4 Å². The van der Waals surface area contributed by atoms with Crippen LogP contribution in [0.3, 0.4) is 0 Å². The average molecular weight is 247 g/mol. The quantitative estimate of drug-likeness (QED) is 0.803. The second kappa shape index (κ2) is 5.53. The summed E-state index contributed by atoms with van der Waals surface area (Å²) in [6, 6.07) is 7.73. The highest BCUT2D eigenvalue weighted by atomic mass is 16.5. The fourth-order valence-electron chi connectivity index (χ4n) is 1.61. The molecule has 0 radical (unpaired) electrons. The molecule has 1 aromatic carbocycles. The summed E-state index contributed by atoms with van der Waals surface area (Å²) in [4.78, 5) is 11.6. The standard InChI is InChI=1S/C13H17N3O2/c1-3-8-18-12-6-4-11(5-7-12)9-16-13(17)15(2)10-14-16/h4-7,10H,3,8-9H2,1-2H3. The molecule has 0 aliphatic carbocycles. The number of aromatic nitrogens is 3. The maximum atomic E-state index is 11.6. The molecule has 0 atom stereocenters. The van der Waals surface area contributed by atoms with Crippen molar-refractivity contribution < 1.29 is 4.74 Å². The van der Waals surface area contributed by atoms with Crippen molar-refractivity contribution in [3.8, 4) is 5.75 Å². The van der Waals surface area contributed by atoms with E-state index in [1.54, 1.807) is 7.05 Å². The van der Waals surface area contributed by atoms with Crippen molar-refractivity contribution >= 4 is 0 Å². The molecule has 0 aliphatic heterocycles. The topological polar surface area (TPSA) is 49.0 Å². The zero-order valence-electron chi connectivity index (χ0n) is 10.7. The molecule has 0 unspecified atom stereocenters. The summed E-state index contributed by atoms with van der Waals surface area (Å²) in [6.07, 6.45) is 2.51. The minimum absolute atomic E-state index is 0.110. The van der Waals surface area contributed by atoms with Gasteiger partial charge in [-0.3, -0.25) is 4.57 Å². The Balaban J connectivity index is 2.06. The number of ether oxygens (including phenoxy) is 1. The van der Waals surface area contributed by atoms with Crippen molar-refractivity contribution in [2.75, 3.05) is 6.61 Å². The van der Waals surface area contributed by atoms with E-state index in [1.165, 1.54) is 15.6 Å². The largest absolute Gasteiger partial charge is 0.494 e. The summed E-state index contributed by atoms with van der Waals surface area (Å²) in [6.45, 7) is 3.27. The molecule has 2 aromatic rings. The molecule has 0 N–H and O–H groups in total. The van der Waals surface area contributed by atoms with Crippen molar-refractivity contribution in [3.63, 3.8) is 0 Å². The van der Waals surface area contributed by atoms with Gasteiger partial charge in [0.25, 0.3) is 0 Å². The second-order valence-corrected chi connectivity index (χ2v) is 4.17. The number of benzene rings is 1. The summed E-state index contributed by atoms with van der Waals surface area (Å²) in [7, 11) is 1.69. The maximum Gasteiger partial charge on any atom is 0.345 e. The van der Waals surface area contributed by atoms with Gasteiger partial charge in [-0.15, -0.1) is 0 Å². The number of rotatable bonds is 5. The Morgan fingerprint density at radius 1 is 1.28 bits per heavy atom. The molecule has 0 spiro atoms. The Bertz CT molecular complexity index is 554. The van der Waals surface area contributed by atoms with Gasteiger partial charge in [-0.2, -0.15) is 5.10 Å². The smallest absolute Gasteiger partial charge is 0.345 e. The molecule has 1 aromatic heterocycles. The lowest BCUT2D eigenvalue weighted by Gasteiger charge is -2.05. The Morgan fingerprint density at radius 2 is 2.00 bits per heavy atom. The van der Waals surface area contributed by atoms with Gasteiger partial charge in [-0.25, -0.2) is 9.48 Å². The number of hydrogen-bond donors (Lipinski definition) is 0. The van der Waals surface area contributed by atoms with Crippen LogP contribution >= 0.6 is 0 Å². The lowest BCUT2D eigenvalue weighted by Crippen LogP contribution is -2.23. The minimum Gasteiger partial charge on any atom is -0.494 e. The SMILES string of the molecule is CCCOc1ccc(Cn2ncn(C)c2=O)cc1. The van der Waals surface area contributed by atoms with Crippen molar-refractivity contribution in [2.24, 2.45) is 7.05 Å². The second-order valence-electron chi connectivity index (χ2n) is 4.17. The van der Waals surface area contributed by atoms with Crippen LogP contribution in [0.2, 0.25) is 0 Å². The Labute approximate surface area is 106 Å². The van der Waals surface area contributed by atoms with Gasteiger partial charge >= 0.3 is 5.69 Å². The molecule has 0 aliphatic rings. The predicted molar refractivity (Wildman–Crippen MR) is 68.8 cm³/mol. The van der Waals surface area contributed by atoms with Crippen LogP contribution in [-0.4, -0.2) is 21.0 Å². The average Bonchev–Trinajstić information content (AvgIpc) is 2.70. The Hall–Kier alpha value is -2.04. The van der Waals surface area contributed by atoms with Gasteiger partial charge in [-0.05, 0) is 24.1 Å². The van der Waals surface area contributed by atoms with Crippen LogP contribution in [0.4, 0.5) is 0 Å². The molecule has 0 bridgehead atoms. The van der Waals surface area contributed by atoms with E-state index in [1.807, 2.05) is 24.3 Å². The van der Waals surface area contributed by atoms with Crippen LogP contribution in [-0.2, 0) is 13.6 Å². The van der Waals surface area contributed by atoms with Crippen LogP contribution in [0.15, 0.2) is 35.4 Å². The third-order valence-corrected chi connectivity index (χ3v) is 2.62. The Morgan fingerprint density at radius 3 is 2.56 bits per heavy atom. The van der Waals surface area contributed by atoms with Crippen molar-refractivity contribution in [1.82, 2.24) is 14.3 Å². The van der Waals surface area contributed by atoms with Crippen molar-refractivity contribution in [2.45, 2.75) is 19.9 Å². The first-order valence-electron chi connectivity index (χ1n) is 6.01. The van der Waals surface area contributed by atoms with E-state index in [0.29, 0.717) is 6.54 Å². The van der Waals surface area contributed by atoms with Crippen molar-refractivity contribution in [3.05, 3.63) is 46.6 Å². The highest BCUT2D eigenvalue weighted by Gasteiger charge is 2.02. The molecule has 5 heteroatoms. The Kier molecular flexibility index (Phi) is 3.82. The molecule has 5 nitrogen and oxygen atoms in total. The van der Waals surface area contributed by atoms with Gasteiger partial charge in [0.05, 0.1) is 13.2 Å². The molecule has 0 saturated carbocycles. The summed E-state index contributed by atoms with van der Waals surface area (Å²) in [5.74, 6) is 0.856. The van der Waals surface area contributed by atoms with Crippen molar-refractivity contribution in [1.29, 1.82) is 0 Å². The zero-order valence-corrected chi connectivity index (χ0v) is 10.7. The first-order valence-corrected chi connectivity index (χ1v) is 6.01. The summed E-state index contributed by atoms with van der Waals surface area (Å²) in [5.41, 5.74) is 0.918. The first-order chi connectivity index (χ1) is 8.70. The van der Waals surface area contributed by atoms with Gasteiger partial charge in [0.15, 0.2) is 0 Å². The predicted octanol–water partition coefficient (Wildman–Crippen LogP) is 1.42. The molecular formula is C13H17N3O2. The van der Waals surface area contributed by atoms with E-state index in [2.05, 4.69) is 12.0 Å². The van der Waals surface area contributed by atoms with E-state index in [4.69, 9.17) is 4.74 Å². The molecule has 18 heavy (non-hydrogen) atoms. The summed E-state index contributed by atoms with van der Waals surface area (Å²) < 4.78 is 8.39. The zero-order chi connectivity index (χ0) is 13.0. The van der Waals surface area contributed by atoms with E-state index >= 15 is 0 Å². The van der Waals surface area contributed by atoms with Crippen LogP contribution in [0.5, 0.6) is 5.75 Å². The van der Waals surface area contributed by atoms with E-state index < -0.39 is 0 Å². The molecule has 1 heterocycles. The molecule has 96 valence electrons. The number of hydrogen-bond acceptors (Lipinski definition) is 3. The number of nitrogens with zero attached hydrogens (tertiary/aromatic N) is 3. The highest BCUT2D eigenvalue weighted by Crippen LogP contribution is 2.12. The van der Waals surface area contributed by atoms with Crippen LogP contribution in [0.25, 0.3) is 0 Å².